The van der Waals surface area contributed by atoms with Gasteiger partial charge in [0, 0.05) is 36.4 Å². The first-order valence-corrected chi connectivity index (χ1v) is 12.3. The quantitative estimate of drug-likeness (QED) is 0.399. The van der Waals surface area contributed by atoms with Crippen molar-refractivity contribution in [3.63, 3.8) is 0 Å². The van der Waals surface area contributed by atoms with E-state index in [0.717, 1.165) is 18.5 Å². The van der Waals surface area contributed by atoms with E-state index in [0.29, 0.717) is 41.2 Å². The second-order valence-electron chi connectivity index (χ2n) is 9.66. The molecule has 1 fully saturated rings. The summed E-state index contributed by atoms with van der Waals surface area (Å²) in [6, 6.07) is 11.1. The topological polar surface area (TPSA) is 84.1 Å². The summed E-state index contributed by atoms with van der Waals surface area (Å²) in [5.41, 5.74) is 1.88. The molecule has 1 aliphatic rings. The number of hydrogen-bond acceptors (Lipinski definition) is 6. The molecule has 1 aromatic carbocycles. The number of anilines is 2. The Balaban J connectivity index is 1.59. The average molecular weight is 526 g/mol. The van der Waals surface area contributed by atoms with Crippen LogP contribution in [0, 0.1) is 23.2 Å². The molecule has 0 saturated carbocycles. The van der Waals surface area contributed by atoms with Crippen LogP contribution in [-0.4, -0.2) is 48.6 Å². The van der Waals surface area contributed by atoms with E-state index < -0.39 is 18.1 Å². The Morgan fingerprint density at radius 2 is 1.95 bits per heavy atom. The van der Waals surface area contributed by atoms with Crippen molar-refractivity contribution in [2.24, 2.45) is 0 Å². The van der Waals surface area contributed by atoms with Crippen LogP contribution in [0.15, 0.2) is 36.5 Å². The maximum absolute atomic E-state index is 13.5. The van der Waals surface area contributed by atoms with Crippen molar-refractivity contribution < 1.29 is 22.6 Å². The molecule has 0 radical (unpaired) electrons. The summed E-state index contributed by atoms with van der Waals surface area (Å²) in [7, 11) is 1.51. The minimum absolute atomic E-state index is 0.153. The Hall–Kier alpha value is -3.89. The number of nitriles is 1. The summed E-state index contributed by atoms with van der Waals surface area (Å²) >= 11 is 0. The predicted molar refractivity (Wildman–Crippen MR) is 140 cm³/mol. The van der Waals surface area contributed by atoms with Crippen LogP contribution in [0.3, 0.4) is 0 Å². The molecule has 7 nitrogen and oxygen atoms in total. The Morgan fingerprint density at radius 1 is 1.18 bits per heavy atom. The van der Waals surface area contributed by atoms with Crippen LogP contribution in [-0.2, 0) is 16.7 Å². The number of fused-ring (bicyclic) bond motifs is 1. The summed E-state index contributed by atoms with van der Waals surface area (Å²) in [5, 5.41) is 16.6. The summed E-state index contributed by atoms with van der Waals surface area (Å²) < 4.78 is 52.5. The van der Waals surface area contributed by atoms with Gasteiger partial charge in [0.15, 0.2) is 0 Å². The lowest BCUT2D eigenvalue weighted by atomic mass is 9.91. The molecule has 0 spiro atoms. The van der Waals surface area contributed by atoms with Gasteiger partial charge in [-0.05, 0) is 50.8 Å². The lowest BCUT2D eigenvalue weighted by molar-refractivity contribution is -0.140. The van der Waals surface area contributed by atoms with Gasteiger partial charge >= 0.3 is 6.18 Å². The number of rotatable bonds is 7. The van der Waals surface area contributed by atoms with Crippen LogP contribution in [0.25, 0.3) is 10.9 Å². The minimum atomic E-state index is -4.40. The Kier molecular flexibility index (Phi) is 8.03. The molecule has 0 unspecified atom stereocenters. The maximum atomic E-state index is 13.5. The van der Waals surface area contributed by atoms with Crippen molar-refractivity contribution in [2.45, 2.75) is 50.9 Å². The smallest absolute Gasteiger partial charge is 0.406 e. The van der Waals surface area contributed by atoms with Gasteiger partial charge in [-0.3, -0.25) is 4.98 Å². The van der Waals surface area contributed by atoms with E-state index in [1.807, 2.05) is 6.07 Å². The monoisotopic (exact) mass is 525 g/mol. The van der Waals surface area contributed by atoms with Gasteiger partial charge in [0.25, 0.3) is 0 Å². The zero-order chi connectivity index (χ0) is 27.3. The second-order valence-corrected chi connectivity index (χ2v) is 9.66. The van der Waals surface area contributed by atoms with Crippen molar-refractivity contribution in [3.05, 3.63) is 47.9 Å². The Morgan fingerprint density at radius 3 is 2.63 bits per heavy atom. The normalized spacial score (nSPS) is 14.4. The van der Waals surface area contributed by atoms with Crippen LogP contribution in [0.1, 0.15) is 38.1 Å². The third kappa shape index (κ3) is 6.32. The van der Waals surface area contributed by atoms with E-state index in [-0.39, 0.29) is 18.3 Å². The van der Waals surface area contributed by atoms with Crippen molar-refractivity contribution in [1.29, 1.82) is 5.26 Å². The van der Waals surface area contributed by atoms with E-state index >= 15 is 0 Å². The lowest BCUT2D eigenvalue weighted by Crippen LogP contribution is -2.27. The number of aromatic nitrogens is 2. The molecular weight excluding hydrogens is 495 g/mol. The van der Waals surface area contributed by atoms with Crippen LogP contribution < -0.4 is 15.4 Å². The van der Waals surface area contributed by atoms with Crippen LogP contribution in [0.5, 0.6) is 5.75 Å². The molecular formula is C28H30F3N5O2. The highest BCUT2D eigenvalue weighted by Crippen LogP contribution is 2.32. The molecule has 0 atom stereocenters. The van der Waals surface area contributed by atoms with Gasteiger partial charge in [-0.2, -0.15) is 18.4 Å². The largest absolute Gasteiger partial charge is 0.494 e. The number of methoxy groups -OCH3 is 1. The van der Waals surface area contributed by atoms with E-state index in [4.69, 9.17) is 9.47 Å². The van der Waals surface area contributed by atoms with Crippen LogP contribution in [0.2, 0.25) is 0 Å². The van der Waals surface area contributed by atoms with Crippen molar-refractivity contribution >= 4 is 22.3 Å². The molecule has 3 aromatic rings. The first kappa shape index (κ1) is 27.2. The van der Waals surface area contributed by atoms with Gasteiger partial charge in [0.1, 0.15) is 12.3 Å². The molecule has 2 N–H and O–H groups in total. The number of hydrogen-bond donors (Lipinski definition) is 2. The summed E-state index contributed by atoms with van der Waals surface area (Å²) in [6.07, 6.45) is -1.16. The third-order valence-electron chi connectivity index (χ3n) is 6.45. The molecule has 2 aromatic heterocycles. The second kappa shape index (κ2) is 11.2. The van der Waals surface area contributed by atoms with Crippen molar-refractivity contribution in [2.75, 3.05) is 37.5 Å². The average Bonchev–Trinajstić information content (AvgIpc) is 3.23. The van der Waals surface area contributed by atoms with Crippen molar-refractivity contribution in [3.8, 4) is 23.7 Å². The summed E-state index contributed by atoms with van der Waals surface area (Å²) in [4.78, 5) is 4.35. The molecule has 0 bridgehead atoms. The highest BCUT2D eigenvalue weighted by Gasteiger charge is 2.30. The number of ether oxygens (including phenoxy) is 2. The zero-order valence-corrected chi connectivity index (χ0v) is 21.6. The SMILES string of the molecule is COc1cc(C(C)(C)C#N)ncc1NCC#Cc1cc2c(NC3CCOCC3)cccc2n1CC(F)(F)F. The predicted octanol–water partition coefficient (Wildman–Crippen LogP) is 5.46. The number of benzene rings is 1. The molecule has 4 rings (SSSR count). The molecule has 0 amide bonds. The van der Waals surface area contributed by atoms with Gasteiger partial charge in [-0.25, -0.2) is 0 Å². The summed E-state index contributed by atoms with van der Waals surface area (Å²) in [5.74, 6) is 6.33. The van der Waals surface area contributed by atoms with Gasteiger partial charge in [-0.1, -0.05) is 12.0 Å². The molecule has 200 valence electrons. The van der Waals surface area contributed by atoms with Gasteiger partial charge < -0.3 is 24.7 Å². The fourth-order valence-corrected chi connectivity index (χ4v) is 4.34. The molecule has 1 aliphatic heterocycles. The van der Waals surface area contributed by atoms with E-state index in [1.165, 1.54) is 11.7 Å². The van der Waals surface area contributed by atoms with Crippen LogP contribution >= 0.6 is 0 Å². The first-order valence-electron chi connectivity index (χ1n) is 12.3. The highest BCUT2D eigenvalue weighted by molar-refractivity contribution is 5.94. The highest BCUT2D eigenvalue weighted by atomic mass is 19.4. The fourth-order valence-electron chi connectivity index (χ4n) is 4.34. The zero-order valence-electron chi connectivity index (χ0n) is 21.6. The number of pyridine rings is 1. The lowest BCUT2D eigenvalue weighted by Gasteiger charge is -2.24. The molecule has 10 heteroatoms. The van der Waals surface area contributed by atoms with E-state index in [2.05, 4.69) is 33.5 Å². The molecule has 38 heavy (non-hydrogen) atoms. The number of alkyl halides is 3. The first-order chi connectivity index (χ1) is 18.1. The van der Waals surface area contributed by atoms with Crippen molar-refractivity contribution in [1.82, 2.24) is 9.55 Å². The minimum Gasteiger partial charge on any atom is -0.494 e. The van der Waals surface area contributed by atoms with E-state index in [1.54, 1.807) is 44.3 Å². The fraction of sp³-hybridized carbons (Fsp3) is 0.429. The standard InChI is InChI=1S/C28H30F3N5O2/c1-27(2,17-32)26-15-25(37-3)23(16-34-26)33-11-5-6-20-14-21-22(35-19-9-12-38-13-10-19)7-4-8-24(21)36(20)18-28(29,30)31/h4,7-8,14-16,19,33,35H,9-13,18H2,1-3H3. The number of nitrogens with one attached hydrogen (secondary N) is 2. The van der Waals surface area contributed by atoms with Crippen LogP contribution in [0.4, 0.5) is 24.5 Å². The van der Waals surface area contributed by atoms with Gasteiger partial charge in [0.05, 0.1) is 53.9 Å². The number of halogens is 3. The summed E-state index contributed by atoms with van der Waals surface area (Å²) in [6.45, 7) is 3.86. The molecule has 0 aliphatic carbocycles. The van der Waals surface area contributed by atoms with Gasteiger partial charge in [0.2, 0.25) is 0 Å². The van der Waals surface area contributed by atoms with Gasteiger partial charge in [-0.15, -0.1) is 0 Å². The maximum Gasteiger partial charge on any atom is 0.406 e. The molecule has 1 saturated heterocycles. The Bertz CT molecular complexity index is 1390. The Labute approximate surface area is 219 Å². The number of nitrogens with zero attached hydrogens (tertiary/aromatic N) is 3. The third-order valence-corrected chi connectivity index (χ3v) is 6.45. The molecule has 3 heterocycles. The van der Waals surface area contributed by atoms with E-state index in [9.17, 15) is 18.4 Å².